The molecule has 148 valence electrons. The van der Waals surface area contributed by atoms with Crippen molar-refractivity contribution in [3.05, 3.63) is 84.1 Å². The number of nitrogens with one attached hydrogen (secondary N) is 1. The summed E-state index contributed by atoms with van der Waals surface area (Å²) >= 11 is 0. The van der Waals surface area contributed by atoms with E-state index in [1.54, 1.807) is 18.4 Å². The normalized spacial score (nSPS) is 11.1. The lowest BCUT2D eigenvalue weighted by atomic mass is 10.1. The van der Waals surface area contributed by atoms with Crippen molar-refractivity contribution >= 4 is 22.6 Å². The quantitative estimate of drug-likeness (QED) is 0.454. The second kappa shape index (κ2) is 7.67. The lowest BCUT2D eigenvalue weighted by Gasteiger charge is -2.09. The average molecular weight is 400 g/mol. The number of anilines is 1. The zero-order valence-electron chi connectivity index (χ0n) is 15.7. The highest BCUT2D eigenvalue weighted by molar-refractivity contribution is 5.95. The van der Waals surface area contributed by atoms with Gasteiger partial charge in [-0.1, -0.05) is 40.6 Å². The Bertz CT molecular complexity index is 1300. The molecule has 2 aromatic carbocycles. The summed E-state index contributed by atoms with van der Waals surface area (Å²) in [4.78, 5) is 17.0. The highest BCUT2D eigenvalue weighted by Crippen LogP contribution is 2.22. The van der Waals surface area contributed by atoms with Gasteiger partial charge in [0.1, 0.15) is 5.69 Å². The van der Waals surface area contributed by atoms with Crippen LogP contribution in [0.2, 0.25) is 0 Å². The summed E-state index contributed by atoms with van der Waals surface area (Å²) in [5, 5.41) is 11.7. The maximum absolute atomic E-state index is 12.6. The van der Waals surface area contributed by atoms with Crippen molar-refractivity contribution in [3.8, 4) is 11.6 Å². The Kier molecular flexibility index (Phi) is 4.57. The SMILES string of the molecule is O=C(Cc1noc2ccccc12)Nc1ccccc1Cc1nc(-c2ccco2)no1. The van der Waals surface area contributed by atoms with E-state index in [0.717, 1.165) is 10.9 Å². The van der Waals surface area contributed by atoms with Crippen molar-refractivity contribution in [2.75, 3.05) is 5.32 Å². The molecule has 3 heterocycles. The molecule has 0 aliphatic heterocycles. The van der Waals surface area contributed by atoms with Crippen LogP contribution in [0, 0.1) is 0 Å². The summed E-state index contributed by atoms with van der Waals surface area (Å²) in [6.07, 6.45) is 2.03. The highest BCUT2D eigenvalue weighted by Gasteiger charge is 2.16. The molecule has 0 unspecified atom stereocenters. The van der Waals surface area contributed by atoms with Crippen LogP contribution in [0.15, 0.2) is 80.4 Å². The third-order valence-corrected chi connectivity index (χ3v) is 4.62. The fourth-order valence-electron chi connectivity index (χ4n) is 3.20. The minimum absolute atomic E-state index is 0.106. The van der Waals surface area contributed by atoms with E-state index >= 15 is 0 Å². The van der Waals surface area contributed by atoms with Gasteiger partial charge < -0.3 is 18.8 Å². The number of hydrogen-bond acceptors (Lipinski definition) is 7. The summed E-state index contributed by atoms with van der Waals surface area (Å²) in [5.74, 6) is 1.15. The molecule has 0 saturated carbocycles. The number of amides is 1. The van der Waals surface area contributed by atoms with E-state index in [1.165, 1.54) is 0 Å². The van der Waals surface area contributed by atoms with Gasteiger partial charge in [0.2, 0.25) is 17.6 Å². The number of fused-ring (bicyclic) bond motifs is 1. The van der Waals surface area contributed by atoms with Gasteiger partial charge in [-0.25, -0.2) is 0 Å². The van der Waals surface area contributed by atoms with Crippen LogP contribution in [0.3, 0.4) is 0 Å². The standard InChI is InChI=1S/C22H16N4O4/c27-20(13-17-15-7-2-4-9-18(15)29-25-17)23-16-8-3-1-6-14(16)12-21-24-22(26-30-21)19-10-5-11-28-19/h1-11H,12-13H2,(H,23,27). The highest BCUT2D eigenvalue weighted by atomic mass is 16.5. The molecule has 0 atom stereocenters. The fourth-order valence-corrected chi connectivity index (χ4v) is 3.20. The van der Waals surface area contributed by atoms with Crippen LogP contribution >= 0.6 is 0 Å². The average Bonchev–Trinajstić information content (AvgIpc) is 3.51. The number of para-hydroxylation sites is 2. The van der Waals surface area contributed by atoms with E-state index in [2.05, 4.69) is 20.6 Å². The Balaban J connectivity index is 1.32. The first-order valence-electron chi connectivity index (χ1n) is 9.34. The molecule has 8 nitrogen and oxygen atoms in total. The first-order chi connectivity index (χ1) is 14.8. The minimum atomic E-state index is -0.191. The minimum Gasteiger partial charge on any atom is -0.461 e. The topological polar surface area (TPSA) is 107 Å². The summed E-state index contributed by atoms with van der Waals surface area (Å²) in [6, 6.07) is 18.4. The Hall–Kier alpha value is -4.20. The van der Waals surface area contributed by atoms with Crippen molar-refractivity contribution in [1.29, 1.82) is 0 Å². The van der Waals surface area contributed by atoms with Gasteiger partial charge in [-0.3, -0.25) is 4.79 Å². The van der Waals surface area contributed by atoms with Crippen molar-refractivity contribution < 1.29 is 18.3 Å². The maximum atomic E-state index is 12.6. The lowest BCUT2D eigenvalue weighted by Crippen LogP contribution is -2.16. The number of aromatic nitrogens is 3. The lowest BCUT2D eigenvalue weighted by molar-refractivity contribution is -0.115. The zero-order chi connectivity index (χ0) is 20.3. The van der Waals surface area contributed by atoms with Crippen molar-refractivity contribution in [2.45, 2.75) is 12.8 Å². The van der Waals surface area contributed by atoms with Gasteiger partial charge in [-0.15, -0.1) is 0 Å². The number of carbonyl (C=O) groups excluding carboxylic acids is 1. The van der Waals surface area contributed by atoms with Crippen LogP contribution < -0.4 is 5.32 Å². The molecular weight excluding hydrogens is 384 g/mol. The summed E-state index contributed by atoms with van der Waals surface area (Å²) in [6.45, 7) is 0. The number of furan rings is 1. The van der Waals surface area contributed by atoms with Crippen molar-refractivity contribution in [1.82, 2.24) is 15.3 Å². The Labute approximate surface area is 170 Å². The summed E-state index contributed by atoms with van der Waals surface area (Å²) in [5.41, 5.74) is 2.78. The van der Waals surface area contributed by atoms with Gasteiger partial charge >= 0.3 is 0 Å². The third kappa shape index (κ3) is 3.58. The maximum Gasteiger partial charge on any atom is 0.238 e. The van der Waals surface area contributed by atoms with Gasteiger partial charge in [0.25, 0.3) is 0 Å². The van der Waals surface area contributed by atoms with Crippen LogP contribution in [-0.2, 0) is 17.6 Å². The molecule has 1 N–H and O–H groups in total. The largest absolute Gasteiger partial charge is 0.461 e. The van der Waals surface area contributed by atoms with Crippen molar-refractivity contribution in [3.63, 3.8) is 0 Å². The van der Waals surface area contributed by atoms with Crippen molar-refractivity contribution in [2.24, 2.45) is 0 Å². The smallest absolute Gasteiger partial charge is 0.238 e. The third-order valence-electron chi connectivity index (χ3n) is 4.62. The first kappa shape index (κ1) is 17.9. The van der Waals surface area contributed by atoms with Gasteiger partial charge in [0.15, 0.2) is 11.3 Å². The number of hydrogen-bond donors (Lipinski definition) is 1. The van der Waals surface area contributed by atoms with Crippen LogP contribution in [-0.4, -0.2) is 21.2 Å². The molecule has 0 radical (unpaired) electrons. The Morgan fingerprint density at radius 3 is 2.70 bits per heavy atom. The molecule has 5 aromatic rings. The van der Waals surface area contributed by atoms with E-state index in [0.29, 0.717) is 40.9 Å². The monoisotopic (exact) mass is 400 g/mol. The summed E-state index contributed by atoms with van der Waals surface area (Å²) < 4.78 is 15.9. The zero-order valence-corrected chi connectivity index (χ0v) is 15.7. The first-order valence-corrected chi connectivity index (χ1v) is 9.34. The van der Waals surface area contributed by atoms with Gasteiger partial charge in [0, 0.05) is 11.1 Å². The number of rotatable bonds is 6. The molecule has 8 heteroatoms. The number of benzene rings is 2. The molecule has 0 spiro atoms. The van der Waals surface area contributed by atoms with Crippen LogP contribution in [0.25, 0.3) is 22.6 Å². The molecule has 1 amide bonds. The predicted molar refractivity (Wildman–Crippen MR) is 108 cm³/mol. The Morgan fingerprint density at radius 2 is 1.80 bits per heavy atom. The van der Waals surface area contributed by atoms with E-state index in [-0.39, 0.29) is 12.3 Å². The van der Waals surface area contributed by atoms with Crippen LogP contribution in [0.4, 0.5) is 5.69 Å². The van der Waals surface area contributed by atoms with E-state index in [1.807, 2.05) is 48.5 Å². The van der Waals surface area contributed by atoms with E-state index in [4.69, 9.17) is 13.5 Å². The molecule has 3 aromatic heterocycles. The molecule has 0 aliphatic rings. The summed E-state index contributed by atoms with van der Waals surface area (Å²) in [7, 11) is 0. The molecule has 30 heavy (non-hydrogen) atoms. The van der Waals surface area contributed by atoms with E-state index in [9.17, 15) is 4.79 Å². The van der Waals surface area contributed by atoms with Gasteiger partial charge in [0.05, 0.1) is 19.1 Å². The number of carbonyl (C=O) groups is 1. The second-order valence-electron chi connectivity index (χ2n) is 6.67. The number of nitrogens with zero attached hydrogens (tertiary/aromatic N) is 3. The molecular formula is C22H16N4O4. The van der Waals surface area contributed by atoms with Crippen LogP contribution in [0.1, 0.15) is 17.1 Å². The molecule has 0 saturated heterocycles. The van der Waals surface area contributed by atoms with Crippen LogP contribution in [0.5, 0.6) is 0 Å². The van der Waals surface area contributed by atoms with Gasteiger partial charge in [-0.05, 0) is 35.9 Å². The van der Waals surface area contributed by atoms with Gasteiger partial charge in [-0.2, -0.15) is 4.98 Å². The second-order valence-corrected chi connectivity index (χ2v) is 6.67. The predicted octanol–water partition coefficient (Wildman–Crippen LogP) is 4.24. The molecule has 5 rings (SSSR count). The molecule has 0 fully saturated rings. The fraction of sp³-hybridized carbons (Fsp3) is 0.0909. The molecule has 0 bridgehead atoms. The molecule has 0 aliphatic carbocycles. The van der Waals surface area contributed by atoms with E-state index < -0.39 is 0 Å². The Morgan fingerprint density at radius 1 is 0.933 bits per heavy atom.